The Balaban J connectivity index is 0.818. The van der Waals surface area contributed by atoms with Gasteiger partial charge < -0.3 is 4.57 Å². The van der Waals surface area contributed by atoms with Crippen molar-refractivity contribution in [1.82, 2.24) is 14.5 Å². The number of hydrogen-bond donors (Lipinski definition) is 0. The van der Waals surface area contributed by atoms with Crippen LogP contribution in [0, 0.1) is 5.92 Å². The Bertz CT molecular complexity index is 3430. The zero-order chi connectivity index (χ0) is 40.7. The maximum absolute atomic E-state index is 4.74. The summed E-state index contributed by atoms with van der Waals surface area (Å²) in [5.41, 5.74) is 18.7. The predicted octanol–water partition coefficient (Wildman–Crippen LogP) is 14.6. The third kappa shape index (κ3) is 6.59. The van der Waals surface area contributed by atoms with Gasteiger partial charge in [-0.1, -0.05) is 146 Å². The zero-order valence-electron chi connectivity index (χ0n) is 33.7. The summed E-state index contributed by atoms with van der Waals surface area (Å²) in [4.78, 5) is 9.45. The number of para-hydroxylation sites is 2. The van der Waals surface area contributed by atoms with E-state index in [0.717, 1.165) is 40.2 Å². The summed E-state index contributed by atoms with van der Waals surface area (Å²) in [7, 11) is 0. The van der Waals surface area contributed by atoms with Crippen molar-refractivity contribution >= 4 is 60.0 Å². The summed E-state index contributed by atoms with van der Waals surface area (Å²) in [6.45, 7) is 4.15. The maximum Gasteiger partial charge on any atom is 0.0971 e. The number of rotatable bonds is 8. The van der Waals surface area contributed by atoms with Gasteiger partial charge in [0, 0.05) is 51.1 Å². The van der Waals surface area contributed by atoms with E-state index in [4.69, 9.17) is 9.97 Å². The molecule has 11 rings (SSSR count). The summed E-state index contributed by atoms with van der Waals surface area (Å²) < 4.78 is 2.37. The van der Waals surface area contributed by atoms with Crippen molar-refractivity contribution in [3.63, 3.8) is 0 Å². The summed E-state index contributed by atoms with van der Waals surface area (Å²) in [5, 5.41) is 7.17. The standard InChI is InChI=1S/C58H41N3/c1-2-40-26-29-46(36-43(40)16-10-13-39-25-32-56-54(35-39)50-22-8-9-24-55(50)61(56)48-19-4-3-5-20-48)42-15-11-14-41(27-28-42)44-17-12-18-45(37-44)47-30-31-52-53(38-47)49-21-6-7-23-51(49)57-58(52)60-34-33-59-57/h2-12,14,16-35,37-38,46H,1,13,36H2/b16-10-. The van der Waals surface area contributed by atoms with Crippen LogP contribution in [-0.2, 0) is 6.42 Å². The molecule has 0 saturated heterocycles. The SMILES string of the molecule is C=CC1=C(/C=C\Cc2ccc3c(c2)c2ccccc2n3-c2ccccc2)CC(C2=C=CC=C(c3cccc(-c4ccc5c(c4)c4ccccc4c4nccnc54)c3)C=C2)C=C1. The number of nitrogens with zero attached hydrogens (tertiary/aromatic N) is 3. The van der Waals surface area contributed by atoms with E-state index in [-0.39, 0.29) is 5.92 Å². The van der Waals surface area contributed by atoms with Crippen LogP contribution < -0.4 is 0 Å². The third-order valence-corrected chi connectivity index (χ3v) is 12.3. The molecule has 9 aromatic rings. The lowest BCUT2D eigenvalue weighted by molar-refractivity contribution is 0.761. The quantitative estimate of drug-likeness (QED) is 0.114. The van der Waals surface area contributed by atoms with Crippen LogP contribution in [-0.4, -0.2) is 14.5 Å². The van der Waals surface area contributed by atoms with Crippen LogP contribution in [0.15, 0.2) is 236 Å². The molecule has 0 amide bonds. The van der Waals surface area contributed by atoms with E-state index in [1.165, 1.54) is 77.2 Å². The molecule has 0 radical (unpaired) electrons. The number of fused-ring (bicyclic) bond motifs is 9. The largest absolute Gasteiger partial charge is 0.309 e. The van der Waals surface area contributed by atoms with Crippen molar-refractivity contribution in [2.75, 3.05) is 0 Å². The average molecular weight is 780 g/mol. The molecule has 1 unspecified atom stereocenters. The first-order valence-electron chi connectivity index (χ1n) is 21.0. The van der Waals surface area contributed by atoms with Gasteiger partial charge in [0.05, 0.1) is 22.1 Å². The van der Waals surface area contributed by atoms with Crippen molar-refractivity contribution in [3.8, 4) is 16.8 Å². The highest BCUT2D eigenvalue weighted by Crippen LogP contribution is 2.38. The van der Waals surface area contributed by atoms with E-state index < -0.39 is 0 Å². The Hall–Kier alpha value is -7.84. The van der Waals surface area contributed by atoms with E-state index >= 15 is 0 Å². The molecule has 1 atom stereocenters. The third-order valence-electron chi connectivity index (χ3n) is 12.3. The van der Waals surface area contributed by atoms with Crippen molar-refractivity contribution in [2.24, 2.45) is 5.92 Å². The van der Waals surface area contributed by atoms with Crippen LogP contribution in [0.1, 0.15) is 17.5 Å². The molecular weight excluding hydrogens is 739 g/mol. The topological polar surface area (TPSA) is 30.7 Å². The van der Waals surface area contributed by atoms with Gasteiger partial charge in [-0.2, -0.15) is 0 Å². The van der Waals surface area contributed by atoms with Crippen molar-refractivity contribution in [2.45, 2.75) is 12.8 Å². The highest BCUT2D eigenvalue weighted by Gasteiger charge is 2.18. The van der Waals surface area contributed by atoms with Crippen LogP contribution in [0.2, 0.25) is 0 Å². The molecule has 0 N–H and O–H groups in total. The minimum Gasteiger partial charge on any atom is -0.309 e. The Morgan fingerprint density at radius 1 is 0.623 bits per heavy atom. The van der Waals surface area contributed by atoms with Gasteiger partial charge in [0.2, 0.25) is 0 Å². The summed E-state index contributed by atoms with van der Waals surface area (Å²) in [6, 6.07) is 50.3. The molecule has 0 aliphatic heterocycles. The Labute approximate surface area is 355 Å². The summed E-state index contributed by atoms with van der Waals surface area (Å²) in [5.74, 6) is 0.212. The Morgan fingerprint density at radius 3 is 2.21 bits per heavy atom. The van der Waals surface area contributed by atoms with Crippen LogP contribution in [0.3, 0.4) is 0 Å². The van der Waals surface area contributed by atoms with Gasteiger partial charge >= 0.3 is 0 Å². The van der Waals surface area contributed by atoms with E-state index in [9.17, 15) is 0 Å². The lowest BCUT2D eigenvalue weighted by Gasteiger charge is -2.20. The monoisotopic (exact) mass is 779 g/mol. The molecular formula is C58H41N3. The molecule has 3 heteroatoms. The molecule has 2 aromatic heterocycles. The molecule has 288 valence electrons. The summed E-state index contributed by atoms with van der Waals surface area (Å²) >= 11 is 0. The van der Waals surface area contributed by atoms with Crippen molar-refractivity contribution in [1.29, 1.82) is 0 Å². The number of hydrogen-bond acceptors (Lipinski definition) is 2. The fourth-order valence-electron chi connectivity index (χ4n) is 9.29. The lowest BCUT2D eigenvalue weighted by atomic mass is 9.84. The average Bonchev–Trinajstić information content (AvgIpc) is 3.45. The Morgan fingerprint density at radius 2 is 1.36 bits per heavy atom. The minimum absolute atomic E-state index is 0.212. The van der Waals surface area contributed by atoms with Crippen LogP contribution >= 0.6 is 0 Å². The maximum atomic E-state index is 4.74. The van der Waals surface area contributed by atoms with Gasteiger partial charge in [0.15, 0.2) is 0 Å². The van der Waals surface area contributed by atoms with Gasteiger partial charge in [0.25, 0.3) is 0 Å². The van der Waals surface area contributed by atoms with E-state index in [0.29, 0.717) is 0 Å². The lowest BCUT2D eigenvalue weighted by Crippen LogP contribution is -2.05. The number of benzene rings is 7. The second kappa shape index (κ2) is 15.4. The van der Waals surface area contributed by atoms with Gasteiger partial charge in [-0.05, 0) is 117 Å². The minimum atomic E-state index is 0.212. The van der Waals surface area contributed by atoms with E-state index in [1.54, 1.807) is 12.4 Å². The van der Waals surface area contributed by atoms with Crippen LogP contribution in [0.5, 0.6) is 0 Å². The van der Waals surface area contributed by atoms with Crippen LogP contribution in [0.25, 0.3) is 76.8 Å². The predicted molar refractivity (Wildman–Crippen MR) is 257 cm³/mol. The number of allylic oxidation sites excluding steroid dienone is 12. The smallest absolute Gasteiger partial charge is 0.0971 e. The summed E-state index contributed by atoms with van der Waals surface area (Å²) in [6.07, 6.45) is 25.1. The first kappa shape index (κ1) is 36.3. The normalized spacial score (nSPS) is 15.4. The molecule has 2 heterocycles. The zero-order valence-corrected chi connectivity index (χ0v) is 33.7. The molecule has 2 aliphatic carbocycles. The first-order chi connectivity index (χ1) is 30.2. The van der Waals surface area contributed by atoms with E-state index in [2.05, 4.69) is 205 Å². The molecule has 0 saturated carbocycles. The van der Waals surface area contributed by atoms with Gasteiger partial charge in [-0.3, -0.25) is 9.97 Å². The fraction of sp³-hybridized carbons (Fsp3) is 0.0517. The second-order valence-electron chi connectivity index (χ2n) is 15.9. The fourth-order valence-corrected chi connectivity index (χ4v) is 9.29. The van der Waals surface area contributed by atoms with E-state index in [1.807, 2.05) is 6.08 Å². The molecule has 7 aromatic carbocycles. The van der Waals surface area contributed by atoms with Crippen LogP contribution in [0.4, 0.5) is 0 Å². The van der Waals surface area contributed by atoms with Crippen molar-refractivity contribution in [3.05, 3.63) is 247 Å². The first-order valence-corrected chi connectivity index (χ1v) is 21.0. The molecule has 0 fully saturated rings. The number of aromatic nitrogens is 3. The molecule has 0 spiro atoms. The molecule has 0 bridgehead atoms. The van der Waals surface area contributed by atoms with Gasteiger partial charge in [0.1, 0.15) is 0 Å². The molecule has 2 aliphatic rings. The Kier molecular flexibility index (Phi) is 9.15. The van der Waals surface area contributed by atoms with Crippen molar-refractivity contribution < 1.29 is 0 Å². The highest BCUT2D eigenvalue weighted by molar-refractivity contribution is 6.23. The molecule has 61 heavy (non-hydrogen) atoms. The van der Waals surface area contributed by atoms with Gasteiger partial charge in [-0.25, -0.2) is 0 Å². The van der Waals surface area contributed by atoms with Gasteiger partial charge in [-0.15, -0.1) is 5.73 Å². The highest BCUT2D eigenvalue weighted by atomic mass is 15.0. The molecule has 3 nitrogen and oxygen atoms in total. The second-order valence-corrected chi connectivity index (χ2v) is 15.9.